The van der Waals surface area contributed by atoms with Crippen molar-refractivity contribution in [2.24, 2.45) is 0 Å². The molecular formula is C20H23N5O3. The first-order valence-electron chi connectivity index (χ1n) is 9.27. The molecule has 0 radical (unpaired) electrons. The normalized spacial score (nSPS) is 11.1. The second kappa shape index (κ2) is 8.62. The van der Waals surface area contributed by atoms with Crippen molar-refractivity contribution in [3.63, 3.8) is 0 Å². The fraction of sp³-hybridized carbons (Fsp3) is 0.300. The van der Waals surface area contributed by atoms with Gasteiger partial charge in [-0.05, 0) is 37.4 Å². The van der Waals surface area contributed by atoms with Gasteiger partial charge in [-0.3, -0.25) is 20.2 Å². The molecule has 0 fully saturated rings. The highest BCUT2D eigenvalue weighted by Gasteiger charge is 2.16. The highest BCUT2D eigenvalue weighted by atomic mass is 16.6. The lowest BCUT2D eigenvalue weighted by atomic mass is 10.2. The largest absolute Gasteiger partial charge is 0.309 e. The number of likely N-dealkylation sites (N-methyl/N-ethyl adjacent to an activating group) is 1. The zero-order valence-electron chi connectivity index (χ0n) is 16.0. The number of amides is 1. The van der Waals surface area contributed by atoms with Crippen molar-refractivity contribution in [1.82, 2.24) is 14.5 Å². The lowest BCUT2D eigenvalue weighted by molar-refractivity contribution is -0.384. The Bertz CT molecular complexity index is 977. The molecule has 0 spiro atoms. The first-order chi connectivity index (χ1) is 13.5. The summed E-state index contributed by atoms with van der Waals surface area (Å²) in [5.74, 6) is 0.117. The molecule has 0 saturated heterocycles. The number of anilines is 1. The SMILES string of the molecule is CCN(CC)CCn1c(NC(=O)c2ccc([N+](=O)[O-])cc2)nc2ccccc21. The second-order valence-corrected chi connectivity index (χ2v) is 6.36. The molecule has 146 valence electrons. The summed E-state index contributed by atoms with van der Waals surface area (Å²) in [7, 11) is 0. The third kappa shape index (κ3) is 4.17. The van der Waals surface area contributed by atoms with Gasteiger partial charge in [0.25, 0.3) is 11.6 Å². The van der Waals surface area contributed by atoms with Crippen LogP contribution in [0.15, 0.2) is 48.5 Å². The molecule has 0 aliphatic rings. The van der Waals surface area contributed by atoms with E-state index in [1.54, 1.807) is 0 Å². The number of benzene rings is 2. The van der Waals surface area contributed by atoms with Crippen LogP contribution in [-0.2, 0) is 6.54 Å². The Morgan fingerprint density at radius 1 is 1.14 bits per heavy atom. The Morgan fingerprint density at radius 2 is 1.82 bits per heavy atom. The Kier molecular flexibility index (Phi) is 6.00. The van der Waals surface area contributed by atoms with E-state index in [0.29, 0.717) is 18.1 Å². The molecule has 0 aliphatic carbocycles. The number of nitro groups is 1. The summed E-state index contributed by atoms with van der Waals surface area (Å²) in [6, 6.07) is 13.3. The predicted molar refractivity (Wildman–Crippen MR) is 109 cm³/mol. The van der Waals surface area contributed by atoms with Crippen LogP contribution >= 0.6 is 0 Å². The zero-order valence-corrected chi connectivity index (χ0v) is 16.0. The first kappa shape index (κ1) is 19.5. The van der Waals surface area contributed by atoms with Crippen molar-refractivity contribution in [2.45, 2.75) is 20.4 Å². The minimum absolute atomic E-state index is 0.0528. The van der Waals surface area contributed by atoms with Gasteiger partial charge in [0.2, 0.25) is 5.95 Å². The molecular weight excluding hydrogens is 358 g/mol. The Labute approximate surface area is 162 Å². The number of rotatable bonds is 8. The van der Waals surface area contributed by atoms with Gasteiger partial charge in [-0.25, -0.2) is 4.98 Å². The van der Waals surface area contributed by atoms with E-state index in [1.807, 2.05) is 28.8 Å². The van der Waals surface area contributed by atoms with Gasteiger partial charge in [0.05, 0.1) is 16.0 Å². The number of carbonyl (C=O) groups excluding carboxylic acids is 1. The third-order valence-corrected chi connectivity index (χ3v) is 4.75. The lowest BCUT2D eigenvalue weighted by Gasteiger charge is -2.19. The molecule has 1 aromatic heterocycles. The number of non-ortho nitro benzene ring substituents is 1. The molecule has 8 heteroatoms. The molecule has 0 aliphatic heterocycles. The first-order valence-corrected chi connectivity index (χ1v) is 9.27. The molecule has 1 amide bonds. The van der Waals surface area contributed by atoms with Crippen LogP contribution in [0.4, 0.5) is 11.6 Å². The number of fused-ring (bicyclic) bond motifs is 1. The summed E-state index contributed by atoms with van der Waals surface area (Å²) in [6.07, 6.45) is 0. The van der Waals surface area contributed by atoms with Crippen LogP contribution in [-0.4, -0.2) is 44.9 Å². The molecule has 0 atom stereocenters. The molecule has 28 heavy (non-hydrogen) atoms. The van der Waals surface area contributed by atoms with E-state index in [0.717, 1.165) is 30.7 Å². The van der Waals surface area contributed by atoms with Crippen molar-refractivity contribution in [1.29, 1.82) is 0 Å². The fourth-order valence-electron chi connectivity index (χ4n) is 3.09. The smallest absolute Gasteiger partial charge is 0.269 e. The van der Waals surface area contributed by atoms with Crippen molar-refractivity contribution in [2.75, 3.05) is 25.0 Å². The minimum Gasteiger partial charge on any atom is -0.309 e. The molecule has 0 bridgehead atoms. The molecule has 8 nitrogen and oxygen atoms in total. The molecule has 3 rings (SSSR count). The number of nitrogens with one attached hydrogen (secondary N) is 1. The topological polar surface area (TPSA) is 93.3 Å². The zero-order chi connectivity index (χ0) is 20.1. The highest BCUT2D eigenvalue weighted by Crippen LogP contribution is 2.21. The van der Waals surface area contributed by atoms with Gasteiger partial charge in [-0.15, -0.1) is 0 Å². The van der Waals surface area contributed by atoms with E-state index >= 15 is 0 Å². The van der Waals surface area contributed by atoms with Gasteiger partial charge in [-0.1, -0.05) is 26.0 Å². The maximum Gasteiger partial charge on any atom is 0.269 e. The maximum absolute atomic E-state index is 12.6. The summed E-state index contributed by atoms with van der Waals surface area (Å²) in [5.41, 5.74) is 2.05. The lowest BCUT2D eigenvalue weighted by Crippen LogP contribution is -2.27. The molecule has 1 heterocycles. The van der Waals surface area contributed by atoms with E-state index in [2.05, 4.69) is 29.0 Å². The number of hydrogen-bond donors (Lipinski definition) is 1. The van der Waals surface area contributed by atoms with Crippen LogP contribution in [0, 0.1) is 10.1 Å². The van der Waals surface area contributed by atoms with Gasteiger partial charge >= 0.3 is 0 Å². The number of nitro benzene ring substituents is 1. The van der Waals surface area contributed by atoms with Crippen LogP contribution in [0.25, 0.3) is 11.0 Å². The highest BCUT2D eigenvalue weighted by molar-refractivity contribution is 6.04. The summed E-state index contributed by atoms with van der Waals surface area (Å²) in [4.78, 5) is 29.8. The van der Waals surface area contributed by atoms with E-state index in [9.17, 15) is 14.9 Å². The average Bonchev–Trinajstić information content (AvgIpc) is 3.06. The molecule has 0 saturated carbocycles. The molecule has 1 N–H and O–H groups in total. The number of para-hydroxylation sites is 2. The number of aromatic nitrogens is 2. The Morgan fingerprint density at radius 3 is 2.46 bits per heavy atom. The van der Waals surface area contributed by atoms with E-state index < -0.39 is 4.92 Å². The average molecular weight is 381 g/mol. The molecule has 3 aromatic rings. The van der Waals surface area contributed by atoms with Gasteiger partial charge < -0.3 is 9.47 Å². The van der Waals surface area contributed by atoms with Crippen LogP contribution in [0.5, 0.6) is 0 Å². The van der Waals surface area contributed by atoms with Gasteiger partial charge in [0.1, 0.15) is 0 Å². The minimum atomic E-state index is -0.492. The van der Waals surface area contributed by atoms with Crippen molar-refractivity contribution in [3.05, 3.63) is 64.2 Å². The van der Waals surface area contributed by atoms with Crippen LogP contribution in [0.1, 0.15) is 24.2 Å². The number of nitrogens with zero attached hydrogens (tertiary/aromatic N) is 4. The second-order valence-electron chi connectivity index (χ2n) is 6.36. The predicted octanol–water partition coefficient (Wildman–Crippen LogP) is 3.54. The van der Waals surface area contributed by atoms with Crippen LogP contribution in [0.2, 0.25) is 0 Å². The van der Waals surface area contributed by atoms with Gasteiger partial charge in [0.15, 0.2) is 0 Å². The van der Waals surface area contributed by atoms with Crippen molar-refractivity contribution >= 4 is 28.6 Å². The fourth-order valence-corrected chi connectivity index (χ4v) is 3.09. The Hall–Kier alpha value is -3.26. The monoisotopic (exact) mass is 381 g/mol. The molecule has 0 unspecified atom stereocenters. The van der Waals surface area contributed by atoms with E-state index in [1.165, 1.54) is 24.3 Å². The van der Waals surface area contributed by atoms with Crippen molar-refractivity contribution in [3.8, 4) is 0 Å². The third-order valence-electron chi connectivity index (χ3n) is 4.75. The quantitative estimate of drug-likeness (QED) is 0.476. The van der Waals surface area contributed by atoms with Crippen molar-refractivity contribution < 1.29 is 9.72 Å². The summed E-state index contributed by atoms with van der Waals surface area (Å²) >= 11 is 0. The van der Waals surface area contributed by atoms with Crippen LogP contribution < -0.4 is 5.32 Å². The van der Waals surface area contributed by atoms with Crippen LogP contribution in [0.3, 0.4) is 0 Å². The summed E-state index contributed by atoms with van der Waals surface area (Å²) in [5, 5.41) is 13.6. The number of hydrogen-bond acceptors (Lipinski definition) is 5. The number of imidazole rings is 1. The maximum atomic E-state index is 12.6. The summed E-state index contributed by atoms with van der Waals surface area (Å²) in [6.45, 7) is 7.67. The van der Waals surface area contributed by atoms with E-state index in [4.69, 9.17) is 0 Å². The summed E-state index contributed by atoms with van der Waals surface area (Å²) < 4.78 is 2.00. The van der Waals surface area contributed by atoms with E-state index in [-0.39, 0.29) is 11.6 Å². The molecule has 2 aromatic carbocycles. The standard InChI is InChI=1S/C20H23N5O3/c1-3-23(4-2)13-14-24-18-8-6-5-7-17(18)21-20(24)22-19(26)15-9-11-16(12-10-15)25(27)28/h5-12H,3-4,13-14H2,1-2H3,(H,21,22,26). The Balaban J connectivity index is 1.86. The van der Waals surface area contributed by atoms with Gasteiger partial charge in [-0.2, -0.15) is 0 Å². The number of carbonyl (C=O) groups is 1. The van der Waals surface area contributed by atoms with Gasteiger partial charge in [0, 0.05) is 30.8 Å².